The zero-order valence-electron chi connectivity index (χ0n) is 9.34. The maximum Gasteiger partial charge on any atom is 0.0197 e. The summed E-state index contributed by atoms with van der Waals surface area (Å²) in [6.45, 7) is 11.7. The molecule has 1 saturated heterocycles. The van der Waals surface area contributed by atoms with E-state index in [1.54, 1.807) is 0 Å². The minimum Gasteiger partial charge on any atom is -0.313 e. The van der Waals surface area contributed by atoms with Crippen LogP contribution in [0.1, 0.15) is 33.6 Å². The largest absolute Gasteiger partial charge is 0.313 e. The number of likely N-dealkylation sites (N-methyl/N-ethyl adjacent to an activating group) is 1. The van der Waals surface area contributed by atoms with E-state index in [0.29, 0.717) is 0 Å². The maximum atomic E-state index is 3.61. The molecule has 1 fully saturated rings. The van der Waals surface area contributed by atoms with Crippen molar-refractivity contribution in [1.29, 1.82) is 0 Å². The Hall–Kier alpha value is -0.0800. The number of hydrogen-bond donors (Lipinski definition) is 1. The number of rotatable bonds is 4. The molecule has 1 aliphatic rings. The summed E-state index contributed by atoms with van der Waals surface area (Å²) < 4.78 is 0. The molecule has 2 atom stereocenters. The van der Waals surface area contributed by atoms with Crippen LogP contribution in [0.25, 0.3) is 0 Å². The second kappa shape index (κ2) is 5.61. The average Bonchev–Trinajstić information content (AvgIpc) is 2.14. The molecule has 2 heteroatoms. The van der Waals surface area contributed by atoms with Crippen LogP contribution in [0.15, 0.2) is 0 Å². The van der Waals surface area contributed by atoms with Gasteiger partial charge < -0.3 is 10.2 Å². The van der Waals surface area contributed by atoms with Crippen LogP contribution in [0.4, 0.5) is 0 Å². The van der Waals surface area contributed by atoms with Gasteiger partial charge in [-0.1, -0.05) is 20.8 Å². The average molecular weight is 184 g/mol. The Balaban J connectivity index is 2.26. The van der Waals surface area contributed by atoms with E-state index in [1.807, 2.05) is 0 Å². The molecule has 1 aliphatic heterocycles. The van der Waals surface area contributed by atoms with Crippen molar-refractivity contribution in [3.05, 3.63) is 0 Å². The standard InChI is InChI=1S/C11H24N2/c1-4-13(5-2)9-11-8-10(3)6-7-12-11/h10-12H,4-9H2,1-3H3. The summed E-state index contributed by atoms with van der Waals surface area (Å²) in [6, 6.07) is 0.739. The fourth-order valence-electron chi connectivity index (χ4n) is 2.15. The smallest absolute Gasteiger partial charge is 0.0197 e. The van der Waals surface area contributed by atoms with Crippen LogP contribution in [-0.2, 0) is 0 Å². The van der Waals surface area contributed by atoms with E-state index in [4.69, 9.17) is 0 Å². The quantitative estimate of drug-likeness (QED) is 0.715. The van der Waals surface area contributed by atoms with Gasteiger partial charge in [-0.25, -0.2) is 0 Å². The van der Waals surface area contributed by atoms with Crippen LogP contribution in [0.3, 0.4) is 0 Å². The van der Waals surface area contributed by atoms with E-state index >= 15 is 0 Å². The van der Waals surface area contributed by atoms with Crippen LogP contribution >= 0.6 is 0 Å². The van der Waals surface area contributed by atoms with Crippen molar-refractivity contribution in [2.24, 2.45) is 5.92 Å². The number of nitrogens with one attached hydrogen (secondary N) is 1. The summed E-state index contributed by atoms with van der Waals surface area (Å²) in [4.78, 5) is 2.51. The van der Waals surface area contributed by atoms with Gasteiger partial charge in [-0.05, 0) is 38.4 Å². The van der Waals surface area contributed by atoms with E-state index in [0.717, 1.165) is 12.0 Å². The van der Waals surface area contributed by atoms with E-state index in [-0.39, 0.29) is 0 Å². The lowest BCUT2D eigenvalue weighted by Crippen LogP contribution is -2.45. The number of hydrogen-bond acceptors (Lipinski definition) is 2. The van der Waals surface area contributed by atoms with Crippen molar-refractivity contribution in [2.75, 3.05) is 26.2 Å². The zero-order chi connectivity index (χ0) is 9.68. The van der Waals surface area contributed by atoms with Crippen LogP contribution < -0.4 is 5.32 Å². The third-order valence-corrected chi connectivity index (χ3v) is 3.13. The molecule has 0 aromatic carbocycles. The lowest BCUT2D eigenvalue weighted by molar-refractivity contribution is 0.220. The van der Waals surface area contributed by atoms with Gasteiger partial charge in [0.2, 0.25) is 0 Å². The van der Waals surface area contributed by atoms with Crippen LogP contribution in [0.2, 0.25) is 0 Å². The first-order valence-electron chi connectivity index (χ1n) is 5.72. The molecule has 1 N–H and O–H groups in total. The topological polar surface area (TPSA) is 15.3 Å². The first-order valence-corrected chi connectivity index (χ1v) is 5.72. The molecule has 0 aliphatic carbocycles. The summed E-state index contributed by atoms with van der Waals surface area (Å²) in [5.74, 6) is 0.918. The fraction of sp³-hybridized carbons (Fsp3) is 1.00. The molecule has 0 bridgehead atoms. The molecule has 2 nitrogen and oxygen atoms in total. The molecule has 0 amide bonds. The highest BCUT2D eigenvalue weighted by Gasteiger charge is 2.19. The van der Waals surface area contributed by atoms with Gasteiger partial charge in [0.15, 0.2) is 0 Å². The fourth-order valence-corrected chi connectivity index (χ4v) is 2.15. The van der Waals surface area contributed by atoms with Crippen LogP contribution in [0.5, 0.6) is 0 Å². The third-order valence-electron chi connectivity index (χ3n) is 3.13. The Morgan fingerprint density at radius 1 is 1.31 bits per heavy atom. The maximum absolute atomic E-state index is 3.61. The lowest BCUT2D eigenvalue weighted by Gasteiger charge is -2.32. The first-order chi connectivity index (χ1) is 6.26. The molecule has 0 saturated carbocycles. The normalized spacial score (nSPS) is 29.5. The monoisotopic (exact) mass is 184 g/mol. The molecular formula is C11H24N2. The highest BCUT2D eigenvalue weighted by molar-refractivity contribution is 4.78. The van der Waals surface area contributed by atoms with Crippen molar-refractivity contribution in [3.63, 3.8) is 0 Å². The van der Waals surface area contributed by atoms with E-state index in [9.17, 15) is 0 Å². The van der Waals surface area contributed by atoms with E-state index < -0.39 is 0 Å². The Kier molecular flexibility index (Phi) is 4.74. The van der Waals surface area contributed by atoms with Crippen molar-refractivity contribution in [3.8, 4) is 0 Å². The van der Waals surface area contributed by atoms with Gasteiger partial charge in [-0.3, -0.25) is 0 Å². The number of piperidine rings is 1. The Labute approximate surface area is 82.7 Å². The molecule has 0 aromatic rings. The number of nitrogens with zero attached hydrogens (tertiary/aromatic N) is 1. The van der Waals surface area contributed by atoms with Crippen molar-refractivity contribution < 1.29 is 0 Å². The molecule has 78 valence electrons. The van der Waals surface area contributed by atoms with Gasteiger partial charge >= 0.3 is 0 Å². The summed E-state index contributed by atoms with van der Waals surface area (Å²) in [5.41, 5.74) is 0. The van der Waals surface area contributed by atoms with Gasteiger partial charge in [-0.15, -0.1) is 0 Å². The summed E-state index contributed by atoms with van der Waals surface area (Å²) in [7, 11) is 0. The third kappa shape index (κ3) is 3.65. The molecule has 1 rings (SSSR count). The second-order valence-electron chi connectivity index (χ2n) is 4.27. The molecule has 0 radical (unpaired) electrons. The predicted octanol–water partition coefficient (Wildman–Crippen LogP) is 1.72. The highest BCUT2D eigenvalue weighted by Crippen LogP contribution is 2.15. The zero-order valence-corrected chi connectivity index (χ0v) is 9.34. The van der Waals surface area contributed by atoms with Crippen LogP contribution in [0, 0.1) is 5.92 Å². The Bertz CT molecular complexity index is 132. The van der Waals surface area contributed by atoms with Gasteiger partial charge in [0.1, 0.15) is 0 Å². The molecule has 0 spiro atoms. The van der Waals surface area contributed by atoms with Crippen molar-refractivity contribution in [1.82, 2.24) is 10.2 Å². The van der Waals surface area contributed by atoms with E-state index in [2.05, 4.69) is 31.0 Å². The molecular weight excluding hydrogens is 160 g/mol. The van der Waals surface area contributed by atoms with Gasteiger partial charge in [0.25, 0.3) is 0 Å². The SMILES string of the molecule is CCN(CC)CC1CC(C)CCN1. The Morgan fingerprint density at radius 3 is 2.54 bits per heavy atom. The molecule has 1 heterocycles. The lowest BCUT2D eigenvalue weighted by atomic mass is 9.94. The molecule has 0 aromatic heterocycles. The molecule has 13 heavy (non-hydrogen) atoms. The van der Waals surface area contributed by atoms with Crippen molar-refractivity contribution >= 4 is 0 Å². The minimum absolute atomic E-state index is 0.739. The van der Waals surface area contributed by atoms with E-state index in [1.165, 1.54) is 39.0 Å². The summed E-state index contributed by atoms with van der Waals surface area (Å²) in [5, 5.41) is 3.61. The van der Waals surface area contributed by atoms with Gasteiger partial charge in [-0.2, -0.15) is 0 Å². The van der Waals surface area contributed by atoms with Gasteiger partial charge in [0.05, 0.1) is 0 Å². The molecule has 2 unspecified atom stereocenters. The van der Waals surface area contributed by atoms with Crippen LogP contribution in [-0.4, -0.2) is 37.1 Å². The first kappa shape index (κ1) is 11.0. The van der Waals surface area contributed by atoms with Gasteiger partial charge in [0, 0.05) is 12.6 Å². The second-order valence-corrected chi connectivity index (χ2v) is 4.27. The Morgan fingerprint density at radius 2 is 2.00 bits per heavy atom. The predicted molar refractivity (Wildman–Crippen MR) is 58.0 cm³/mol. The minimum atomic E-state index is 0.739. The van der Waals surface area contributed by atoms with Crippen molar-refractivity contribution in [2.45, 2.75) is 39.7 Å². The highest BCUT2D eigenvalue weighted by atomic mass is 15.1. The summed E-state index contributed by atoms with van der Waals surface area (Å²) in [6.07, 6.45) is 2.71. The summed E-state index contributed by atoms with van der Waals surface area (Å²) >= 11 is 0.